The third-order valence-electron chi connectivity index (χ3n) is 7.41. The van der Waals surface area contributed by atoms with Crippen LogP contribution in [0.5, 0.6) is 11.5 Å². The molecule has 0 saturated carbocycles. The summed E-state index contributed by atoms with van der Waals surface area (Å²) in [4.78, 5) is 0. The van der Waals surface area contributed by atoms with Gasteiger partial charge in [0.25, 0.3) is 0 Å². The van der Waals surface area contributed by atoms with E-state index in [2.05, 4.69) is 117 Å². The third-order valence-corrected chi connectivity index (χ3v) is 7.41. The van der Waals surface area contributed by atoms with Gasteiger partial charge in [0.15, 0.2) is 0 Å². The molecule has 4 aromatic carbocycles. The largest absolute Gasteiger partial charge is 0.507 e. The predicted molar refractivity (Wildman–Crippen MR) is 167 cm³/mol. The van der Waals surface area contributed by atoms with E-state index in [9.17, 15) is 10.2 Å². The maximum Gasteiger partial charge on any atom is 0.127 e. The Kier molecular flexibility index (Phi) is 7.29. The highest BCUT2D eigenvalue weighted by molar-refractivity contribution is 5.98. The van der Waals surface area contributed by atoms with Crippen LogP contribution >= 0.6 is 0 Å². The van der Waals surface area contributed by atoms with Crippen molar-refractivity contribution in [3.63, 3.8) is 0 Å². The molecule has 0 aliphatic rings. The maximum absolute atomic E-state index is 11.7. The molecule has 0 heterocycles. The molecule has 202 valence electrons. The number of hydrogen-bond acceptors (Lipinski definition) is 2. The molecule has 0 atom stereocenters. The Labute approximate surface area is 234 Å². The minimum absolute atomic E-state index is 0.232. The Bertz CT molecular complexity index is 1470. The van der Waals surface area contributed by atoms with E-state index in [0.29, 0.717) is 0 Å². The lowest BCUT2D eigenvalue weighted by Crippen LogP contribution is -2.12. The van der Waals surface area contributed by atoms with Crippen molar-refractivity contribution in [2.24, 2.45) is 0 Å². The average Bonchev–Trinajstić information content (AvgIpc) is 2.84. The Morgan fingerprint density at radius 1 is 0.564 bits per heavy atom. The first-order chi connectivity index (χ1) is 18.1. The second kappa shape index (κ2) is 10.1. The molecule has 0 fully saturated rings. The molecular weight excluding hydrogens is 476 g/mol. The van der Waals surface area contributed by atoms with Crippen LogP contribution in [-0.4, -0.2) is 10.2 Å². The van der Waals surface area contributed by atoms with E-state index in [1.54, 1.807) is 0 Å². The lowest BCUT2D eigenvalue weighted by Gasteiger charge is -2.27. The molecule has 0 unspecified atom stereocenters. The minimum atomic E-state index is -0.232. The molecule has 0 aliphatic carbocycles. The van der Waals surface area contributed by atoms with Gasteiger partial charge in [0.1, 0.15) is 11.5 Å². The van der Waals surface area contributed by atoms with Gasteiger partial charge < -0.3 is 10.2 Å². The van der Waals surface area contributed by atoms with Gasteiger partial charge in [-0.2, -0.15) is 0 Å². The molecule has 2 nitrogen and oxygen atoms in total. The first kappa shape index (κ1) is 28.2. The van der Waals surface area contributed by atoms with Gasteiger partial charge >= 0.3 is 0 Å². The smallest absolute Gasteiger partial charge is 0.127 e. The van der Waals surface area contributed by atoms with Gasteiger partial charge in [-0.25, -0.2) is 0 Å². The molecular formula is C37H42O2. The van der Waals surface area contributed by atoms with Gasteiger partial charge in [-0.05, 0) is 88.3 Å². The molecule has 0 saturated heterocycles. The van der Waals surface area contributed by atoms with Crippen molar-refractivity contribution in [2.75, 3.05) is 0 Å². The van der Waals surface area contributed by atoms with Crippen molar-refractivity contribution in [1.29, 1.82) is 0 Å². The molecule has 2 heteroatoms. The monoisotopic (exact) mass is 518 g/mol. The zero-order valence-electron chi connectivity index (χ0n) is 25.0. The number of aryl methyl sites for hydroxylation is 3. The summed E-state index contributed by atoms with van der Waals surface area (Å²) in [6.07, 6.45) is 0. The molecule has 0 amide bonds. The Morgan fingerprint density at radius 2 is 0.923 bits per heavy atom. The number of phenols is 2. The highest BCUT2D eigenvalue weighted by Gasteiger charge is 2.27. The standard InChI is InChI=1S/C37H42O2/c1-22-16-27(29-18-23(2)20-31(34(29)38)36(5,6)7)33(25(4)26-14-12-11-13-15-26)28(17-22)30-19-24(3)21-32(35(30)39)37(8,9)10/h11-21,38-39H,4H2,1-3,5-10H3. The van der Waals surface area contributed by atoms with Crippen molar-refractivity contribution < 1.29 is 10.2 Å². The van der Waals surface area contributed by atoms with E-state index in [0.717, 1.165) is 66.8 Å². The number of rotatable bonds is 4. The van der Waals surface area contributed by atoms with Crippen LogP contribution in [0.3, 0.4) is 0 Å². The quantitative estimate of drug-likeness (QED) is 0.282. The van der Waals surface area contributed by atoms with Crippen LogP contribution in [0.2, 0.25) is 0 Å². The fourth-order valence-electron chi connectivity index (χ4n) is 5.43. The Morgan fingerprint density at radius 3 is 1.31 bits per heavy atom. The normalized spacial score (nSPS) is 12.0. The van der Waals surface area contributed by atoms with Crippen molar-refractivity contribution in [2.45, 2.75) is 73.1 Å². The molecule has 0 bridgehead atoms. The van der Waals surface area contributed by atoms with Gasteiger partial charge in [0.2, 0.25) is 0 Å². The van der Waals surface area contributed by atoms with Gasteiger partial charge in [0, 0.05) is 22.3 Å². The number of aromatic hydroxyl groups is 2. The summed E-state index contributed by atoms with van der Waals surface area (Å²) in [5, 5.41) is 23.4. The minimum Gasteiger partial charge on any atom is -0.507 e. The van der Waals surface area contributed by atoms with Gasteiger partial charge in [0.05, 0.1) is 0 Å². The van der Waals surface area contributed by atoms with Gasteiger partial charge in [-0.1, -0.05) is 103 Å². The van der Waals surface area contributed by atoms with Crippen LogP contribution in [0.1, 0.15) is 80.5 Å². The van der Waals surface area contributed by atoms with E-state index in [1.807, 2.05) is 18.2 Å². The number of phenolic OH excluding ortho intramolecular Hbond substituents is 2. The van der Waals surface area contributed by atoms with Crippen LogP contribution in [0.15, 0.2) is 73.3 Å². The van der Waals surface area contributed by atoms with E-state index in [1.165, 1.54) is 0 Å². The van der Waals surface area contributed by atoms with E-state index in [-0.39, 0.29) is 22.3 Å². The van der Waals surface area contributed by atoms with Crippen LogP contribution in [0.4, 0.5) is 0 Å². The van der Waals surface area contributed by atoms with Crippen molar-refractivity contribution in [3.8, 4) is 33.8 Å². The van der Waals surface area contributed by atoms with Crippen molar-refractivity contribution >= 4 is 5.57 Å². The Hall–Kier alpha value is -3.78. The summed E-state index contributed by atoms with van der Waals surface area (Å²) in [6, 6.07) is 22.7. The summed E-state index contributed by atoms with van der Waals surface area (Å²) in [6.45, 7) is 23.5. The third kappa shape index (κ3) is 5.52. The van der Waals surface area contributed by atoms with Crippen molar-refractivity contribution in [3.05, 3.63) is 112 Å². The van der Waals surface area contributed by atoms with Gasteiger partial charge in [-0.15, -0.1) is 0 Å². The molecule has 4 aromatic rings. The highest BCUT2D eigenvalue weighted by atomic mass is 16.3. The molecule has 0 aromatic heterocycles. The lowest BCUT2D eigenvalue weighted by molar-refractivity contribution is 0.448. The fraction of sp³-hybridized carbons (Fsp3) is 0.297. The highest BCUT2D eigenvalue weighted by Crippen LogP contribution is 2.48. The SMILES string of the molecule is C=C(c1ccccc1)c1c(-c2cc(C)cc(C(C)(C)C)c2O)cc(C)cc1-c1cc(C)cc(C(C)(C)C)c1O. The number of benzene rings is 4. The summed E-state index contributed by atoms with van der Waals surface area (Å²) in [5.74, 6) is 0.575. The molecule has 0 radical (unpaired) electrons. The molecule has 0 spiro atoms. The Balaban J connectivity index is 2.18. The molecule has 4 rings (SSSR count). The average molecular weight is 519 g/mol. The van der Waals surface area contributed by atoms with E-state index in [4.69, 9.17) is 0 Å². The molecule has 2 N–H and O–H groups in total. The summed E-state index contributed by atoms with van der Waals surface area (Å²) < 4.78 is 0. The first-order valence-corrected chi connectivity index (χ1v) is 13.7. The van der Waals surface area contributed by atoms with Crippen LogP contribution < -0.4 is 0 Å². The predicted octanol–water partition coefficient (Wildman–Crippen LogP) is 10.0. The van der Waals surface area contributed by atoms with Crippen molar-refractivity contribution in [1.82, 2.24) is 0 Å². The first-order valence-electron chi connectivity index (χ1n) is 13.7. The van der Waals surface area contributed by atoms with E-state index >= 15 is 0 Å². The molecule has 39 heavy (non-hydrogen) atoms. The molecule has 0 aliphatic heterocycles. The van der Waals surface area contributed by atoms with Crippen LogP contribution in [0, 0.1) is 20.8 Å². The zero-order valence-corrected chi connectivity index (χ0v) is 25.0. The second-order valence-corrected chi connectivity index (χ2v) is 13.0. The second-order valence-electron chi connectivity index (χ2n) is 13.0. The maximum atomic E-state index is 11.7. The zero-order chi connectivity index (χ0) is 28.9. The van der Waals surface area contributed by atoms with Gasteiger partial charge in [-0.3, -0.25) is 0 Å². The number of hydrogen-bond donors (Lipinski definition) is 2. The summed E-state index contributed by atoms with van der Waals surface area (Å²) >= 11 is 0. The topological polar surface area (TPSA) is 40.5 Å². The lowest BCUT2D eigenvalue weighted by atomic mass is 9.78. The summed E-state index contributed by atoms with van der Waals surface area (Å²) in [5.41, 5.74) is 10.7. The van der Waals surface area contributed by atoms with E-state index < -0.39 is 0 Å². The fourth-order valence-corrected chi connectivity index (χ4v) is 5.43. The van der Waals surface area contributed by atoms with Crippen LogP contribution in [-0.2, 0) is 10.8 Å². The van der Waals surface area contributed by atoms with Crippen LogP contribution in [0.25, 0.3) is 27.8 Å². The summed E-state index contributed by atoms with van der Waals surface area (Å²) in [7, 11) is 0.